The van der Waals surface area contributed by atoms with Gasteiger partial charge in [-0.15, -0.1) is 18.3 Å². The van der Waals surface area contributed by atoms with Gasteiger partial charge in [-0.1, -0.05) is 12.1 Å². The average molecular weight is 265 g/mol. The summed E-state index contributed by atoms with van der Waals surface area (Å²) in [4.78, 5) is 15.5. The van der Waals surface area contributed by atoms with Crippen LogP contribution in [0.5, 0.6) is 0 Å². The van der Waals surface area contributed by atoms with Crippen molar-refractivity contribution in [1.82, 2.24) is 10.3 Å². The minimum absolute atomic E-state index is 0.0830. The summed E-state index contributed by atoms with van der Waals surface area (Å²) in [6.45, 7) is 5.10. The van der Waals surface area contributed by atoms with Crippen molar-refractivity contribution in [3.8, 4) is 0 Å². The molecule has 18 heavy (non-hydrogen) atoms. The molecule has 4 nitrogen and oxygen atoms in total. The lowest BCUT2D eigenvalue weighted by atomic mass is 10.4. The third-order valence-electron chi connectivity index (χ3n) is 2.12. The van der Waals surface area contributed by atoms with Crippen molar-refractivity contribution in [1.29, 1.82) is 0 Å². The maximum absolute atomic E-state index is 11.4. The lowest BCUT2D eigenvalue weighted by molar-refractivity contribution is -0.118. The molecule has 0 radical (unpaired) electrons. The molecule has 0 bridgehead atoms. The Bertz CT molecular complexity index is 357. The minimum atomic E-state index is 0.0830. The number of carbonyl (C=O) groups is 1. The molecule has 2 N–H and O–H groups in total. The van der Waals surface area contributed by atoms with Gasteiger partial charge in [0.1, 0.15) is 5.82 Å². The lowest BCUT2D eigenvalue weighted by Crippen LogP contribution is -2.27. The number of aromatic nitrogens is 1. The Morgan fingerprint density at radius 2 is 2.33 bits per heavy atom. The van der Waals surface area contributed by atoms with Crippen LogP contribution in [0, 0.1) is 0 Å². The van der Waals surface area contributed by atoms with E-state index in [-0.39, 0.29) is 5.91 Å². The highest BCUT2D eigenvalue weighted by molar-refractivity contribution is 8.00. The number of amides is 1. The van der Waals surface area contributed by atoms with Crippen LogP contribution in [0.25, 0.3) is 0 Å². The lowest BCUT2D eigenvalue weighted by Gasteiger charge is -2.06. The van der Waals surface area contributed by atoms with Gasteiger partial charge >= 0.3 is 0 Å². The molecule has 0 fully saturated rings. The molecular weight excluding hydrogens is 246 g/mol. The van der Waals surface area contributed by atoms with Crippen molar-refractivity contribution in [2.24, 2.45) is 0 Å². The van der Waals surface area contributed by atoms with E-state index in [0.717, 1.165) is 24.5 Å². The first-order valence-electron chi connectivity index (χ1n) is 5.93. The van der Waals surface area contributed by atoms with Gasteiger partial charge in [0.05, 0.1) is 5.75 Å². The Morgan fingerprint density at radius 1 is 1.44 bits per heavy atom. The first kappa shape index (κ1) is 14.6. The summed E-state index contributed by atoms with van der Waals surface area (Å²) >= 11 is 1.57. The first-order valence-corrected chi connectivity index (χ1v) is 7.08. The largest absolute Gasteiger partial charge is 0.370 e. The molecular formula is C13H19N3OS. The first-order chi connectivity index (χ1) is 8.83. The van der Waals surface area contributed by atoms with E-state index in [1.165, 1.54) is 0 Å². The maximum Gasteiger partial charge on any atom is 0.230 e. The highest BCUT2D eigenvalue weighted by Gasteiger charge is 1.99. The average Bonchev–Trinajstić information content (AvgIpc) is 2.40. The Balaban J connectivity index is 1.98. The molecule has 1 heterocycles. The Hall–Kier alpha value is -1.49. The van der Waals surface area contributed by atoms with Crippen molar-refractivity contribution in [2.75, 3.05) is 29.9 Å². The minimum Gasteiger partial charge on any atom is -0.370 e. The topological polar surface area (TPSA) is 54.0 Å². The number of thioether (sulfide) groups is 1. The van der Waals surface area contributed by atoms with Crippen LogP contribution >= 0.6 is 11.8 Å². The predicted molar refractivity (Wildman–Crippen MR) is 77.9 cm³/mol. The van der Waals surface area contributed by atoms with Crippen molar-refractivity contribution in [2.45, 2.75) is 6.42 Å². The van der Waals surface area contributed by atoms with Gasteiger partial charge < -0.3 is 10.6 Å². The molecule has 0 saturated heterocycles. The predicted octanol–water partition coefficient (Wildman–Crippen LogP) is 1.92. The molecule has 0 aromatic carbocycles. The Labute approximate surface area is 112 Å². The van der Waals surface area contributed by atoms with E-state index >= 15 is 0 Å². The summed E-state index contributed by atoms with van der Waals surface area (Å²) in [5.74, 6) is 2.26. The van der Waals surface area contributed by atoms with E-state index in [2.05, 4.69) is 22.2 Å². The number of nitrogens with one attached hydrogen (secondary N) is 2. The molecule has 0 atom stereocenters. The molecule has 1 aromatic heterocycles. The smallest absolute Gasteiger partial charge is 0.230 e. The highest BCUT2D eigenvalue weighted by Crippen LogP contribution is 1.99. The fraction of sp³-hybridized carbons (Fsp3) is 0.385. The van der Waals surface area contributed by atoms with E-state index in [1.54, 1.807) is 24.0 Å². The van der Waals surface area contributed by atoms with E-state index in [0.29, 0.717) is 12.3 Å². The molecule has 1 amide bonds. The molecule has 5 heteroatoms. The third kappa shape index (κ3) is 6.96. The van der Waals surface area contributed by atoms with Crippen LogP contribution in [0.15, 0.2) is 37.1 Å². The number of carbonyl (C=O) groups excluding carboxylic acids is 1. The number of anilines is 1. The second-order valence-electron chi connectivity index (χ2n) is 3.65. The molecule has 0 aliphatic carbocycles. The van der Waals surface area contributed by atoms with Crippen LogP contribution in [0.2, 0.25) is 0 Å². The zero-order valence-electron chi connectivity index (χ0n) is 10.4. The standard InChI is InChI=1S/C13H19N3OS/c1-2-10-18-11-13(17)16-9-5-8-15-12-6-3-4-7-14-12/h2-4,6-7H,1,5,8-11H2,(H,14,15)(H,16,17). The number of nitrogens with zero attached hydrogens (tertiary/aromatic N) is 1. The van der Waals surface area contributed by atoms with Gasteiger partial charge in [-0.3, -0.25) is 4.79 Å². The number of hydrogen-bond donors (Lipinski definition) is 2. The summed E-state index contributed by atoms with van der Waals surface area (Å²) in [5, 5.41) is 6.06. The summed E-state index contributed by atoms with van der Waals surface area (Å²) in [6.07, 6.45) is 4.43. The van der Waals surface area contributed by atoms with Crippen molar-refractivity contribution in [3.63, 3.8) is 0 Å². The third-order valence-corrected chi connectivity index (χ3v) is 3.05. The van der Waals surface area contributed by atoms with Crippen molar-refractivity contribution < 1.29 is 4.79 Å². The Morgan fingerprint density at radius 3 is 3.06 bits per heavy atom. The van der Waals surface area contributed by atoms with E-state index in [1.807, 2.05) is 18.2 Å². The zero-order chi connectivity index (χ0) is 13.1. The molecule has 0 aliphatic heterocycles. The molecule has 1 rings (SSSR count). The second-order valence-corrected chi connectivity index (χ2v) is 4.68. The van der Waals surface area contributed by atoms with Crippen molar-refractivity contribution in [3.05, 3.63) is 37.1 Å². The van der Waals surface area contributed by atoms with E-state index < -0.39 is 0 Å². The normalized spacial score (nSPS) is 9.78. The number of hydrogen-bond acceptors (Lipinski definition) is 4. The molecule has 98 valence electrons. The van der Waals surface area contributed by atoms with Gasteiger partial charge in [-0.25, -0.2) is 4.98 Å². The number of pyridine rings is 1. The zero-order valence-corrected chi connectivity index (χ0v) is 11.2. The molecule has 1 aromatic rings. The van der Waals surface area contributed by atoms with Gasteiger partial charge in [0.2, 0.25) is 5.91 Å². The van der Waals surface area contributed by atoms with Gasteiger partial charge in [0.15, 0.2) is 0 Å². The van der Waals surface area contributed by atoms with Gasteiger partial charge in [-0.2, -0.15) is 0 Å². The van der Waals surface area contributed by atoms with E-state index in [9.17, 15) is 4.79 Å². The van der Waals surface area contributed by atoms with Crippen LogP contribution < -0.4 is 10.6 Å². The molecule has 0 saturated carbocycles. The fourth-order valence-corrected chi connectivity index (χ4v) is 1.86. The summed E-state index contributed by atoms with van der Waals surface area (Å²) in [6, 6.07) is 5.74. The fourth-order valence-electron chi connectivity index (χ4n) is 1.29. The van der Waals surface area contributed by atoms with Crippen LogP contribution in [0.4, 0.5) is 5.82 Å². The highest BCUT2D eigenvalue weighted by atomic mass is 32.2. The maximum atomic E-state index is 11.4. The van der Waals surface area contributed by atoms with Crippen molar-refractivity contribution >= 4 is 23.5 Å². The molecule has 0 aliphatic rings. The SMILES string of the molecule is C=CCSCC(=O)NCCCNc1ccccn1. The Kier molecular flexibility index (Phi) is 7.72. The molecule has 0 unspecified atom stereocenters. The van der Waals surface area contributed by atoms with Gasteiger partial charge in [0.25, 0.3) is 0 Å². The van der Waals surface area contributed by atoms with Gasteiger partial charge in [-0.05, 0) is 18.6 Å². The summed E-state index contributed by atoms with van der Waals surface area (Å²) < 4.78 is 0. The molecule has 0 spiro atoms. The quantitative estimate of drug-likeness (QED) is 0.529. The number of rotatable bonds is 9. The van der Waals surface area contributed by atoms with Crippen LogP contribution in [-0.4, -0.2) is 35.5 Å². The summed E-state index contributed by atoms with van der Waals surface area (Å²) in [7, 11) is 0. The summed E-state index contributed by atoms with van der Waals surface area (Å²) in [5.41, 5.74) is 0. The van der Waals surface area contributed by atoms with Crippen LogP contribution in [0.3, 0.4) is 0 Å². The van der Waals surface area contributed by atoms with E-state index in [4.69, 9.17) is 0 Å². The van der Waals surface area contributed by atoms with Gasteiger partial charge in [0, 0.05) is 25.0 Å². The van der Waals surface area contributed by atoms with Crippen LogP contribution in [-0.2, 0) is 4.79 Å². The second kappa shape index (κ2) is 9.53. The van der Waals surface area contributed by atoms with Crippen LogP contribution in [0.1, 0.15) is 6.42 Å². The monoisotopic (exact) mass is 265 g/mol.